The highest BCUT2D eigenvalue weighted by molar-refractivity contribution is 5.82. The van der Waals surface area contributed by atoms with Crippen LogP contribution in [-0.4, -0.2) is 23.2 Å². The molecule has 0 heterocycles. The third-order valence-corrected chi connectivity index (χ3v) is 2.63. The number of rotatable bonds is 7. The number of nitrogens with zero attached hydrogens (tertiary/aromatic N) is 2. The van der Waals surface area contributed by atoms with Gasteiger partial charge in [-0.3, -0.25) is 14.8 Å². The van der Waals surface area contributed by atoms with Gasteiger partial charge < -0.3 is 0 Å². The molecule has 0 bridgehead atoms. The molecule has 1 aromatic carbocycles. The predicted octanol–water partition coefficient (Wildman–Crippen LogP) is 1.07. The van der Waals surface area contributed by atoms with E-state index in [0.29, 0.717) is 18.4 Å². The summed E-state index contributed by atoms with van der Waals surface area (Å²) in [7, 11) is 0. The minimum atomic E-state index is -0.464. The Morgan fingerprint density at radius 2 is 1.81 bits per heavy atom. The van der Waals surface area contributed by atoms with E-state index in [1.165, 1.54) is 11.7 Å². The topological polar surface area (TPSA) is 115 Å². The third kappa shape index (κ3) is 6.84. The molecule has 0 aliphatic carbocycles. The second kappa shape index (κ2) is 9.23. The summed E-state index contributed by atoms with van der Waals surface area (Å²) < 4.78 is 0. The molecule has 0 aliphatic rings. The number of benzene rings is 1. The lowest BCUT2D eigenvalue weighted by Crippen LogP contribution is -2.19. The van der Waals surface area contributed by atoms with Crippen LogP contribution in [0.25, 0.3) is 0 Å². The van der Waals surface area contributed by atoms with E-state index in [2.05, 4.69) is 10.5 Å². The van der Waals surface area contributed by atoms with Gasteiger partial charge in [0.05, 0.1) is 17.8 Å². The maximum Gasteiger partial charge on any atom is 0.243 e. The van der Waals surface area contributed by atoms with Gasteiger partial charge in [-0.1, -0.05) is 12.1 Å². The minimum absolute atomic E-state index is 0.179. The number of hydrogen-bond acceptors (Lipinski definition) is 5. The van der Waals surface area contributed by atoms with Gasteiger partial charge in [0.2, 0.25) is 11.8 Å². The molecule has 2 amide bonds. The van der Waals surface area contributed by atoms with Crippen LogP contribution in [0.15, 0.2) is 29.4 Å². The zero-order valence-corrected chi connectivity index (χ0v) is 11.4. The van der Waals surface area contributed by atoms with Crippen LogP contribution in [0, 0.1) is 11.3 Å². The van der Waals surface area contributed by atoms with Crippen molar-refractivity contribution < 1.29 is 14.8 Å². The SMILES string of the molecule is N#Cc1ccc(/C=N/NC(=O)CCCCC(=O)NO)cc1. The summed E-state index contributed by atoms with van der Waals surface area (Å²) in [5.74, 6) is -0.710. The first-order chi connectivity index (χ1) is 10.2. The Kier molecular flexibility index (Phi) is 7.18. The molecule has 1 aromatic rings. The Labute approximate surface area is 122 Å². The lowest BCUT2D eigenvalue weighted by molar-refractivity contribution is -0.129. The first-order valence-corrected chi connectivity index (χ1v) is 6.40. The molecule has 0 aliphatic heterocycles. The molecule has 7 nitrogen and oxygen atoms in total. The minimum Gasteiger partial charge on any atom is -0.289 e. The van der Waals surface area contributed by atoms with Crippen LogP contribution in [-0.2, 0) is 9.59 Å². The number of carbonyl (C=O) groups is 2. The Morgan fingerprint density at radius 1 is 1.19 bits per heavy atom. The van der Waals surface area contributed by atoms with E-state index in [1.54, 1.807) is 24.3 Å². The van der Waals surface area contributed by atoms with Gasteiger partial charge in [-0.25, -0.2) is 10.9 Å². The Bertz CT molecular complexity index is 546. The van der Waals surface area contributed by atoms with Gasteiger partial charge in [-0.2, -0.15) is 10.4 Å². The number of unbranched alkanes of at least 4 members (excludes halogenated alkanes) is 1. The van der Waals surface area contributed by atoms with Gasteiger partial charge in [0, 0.05) is 12.8 Å². The molecule has 0 unspecified atom stereocenters. The van der Waals surface area contributed by atoms with Crippen LogP contribution in [0.1, 0.15) is 36.8 Å². The number of nitriles is 1. The van der Waals surface area contributed by atoms with Crippen molar-refractivity contribution in [1.82, 2.24) is 10.9 Å². The largest absolute Gasteiger partial charge is 0.289 e. The van der Waals surface area contributed by atoms with E-state index >= 15 is 0 Å². The fourth-order valence-corrected chi connectivity index (χ4v) is 1.51. The monoisotopic (exact) mass is 288 g/mol. The lowest BCUT2D eigenvalue weighted by atomic mass is 10.2. The molecular formula is C14H16N4O3. The van der Waals surface area contributed by atoms with Gasteiger partial charge in [0.25, 0.3) is 0 Å². The van der Waals surface area contributed by atoms with Gasteiger partial charge in [-0.15, -0.1) is 0 Å². The average molecular weight is 288 g/mol. The summed E-state index contributed by atoms with van der Waals surface area (Å²) in [6.07, 6.45) is 2.96. The molecule has 0 aromatic heterocycles. The number of amides is 2. The lowest BCUT2D eigenvalue weighted by Gasteiger charge is -2.00. The Morgan fingerprint density at radius 3 is 2.38 bits per heavy atom. The van der Waals surface area contributed by atoms with Crippen molar-refractivity contribution in [2.75, 3.05) is 0 Å². The highest BCUT2D eigenvalue weighted by atomic mass is 16.5. The summed E-state index contributed by atoms with van der Waals surface area (Å²) in [6.45, 7) is 0. The van der Waals surface area contributed by atoms with Crippen LogP contribution >= 0.6 is 0 Å². The van der Waals surface area contributed by atoms with E-state index < -0.39 is 5.91 Å². The molecule has 0 saturated carbocycles. The first kappa shape index (κ1) is 16.3. The van der Waals surface area contributed by atoms with Gasteiger partial charge in [0.15, 0.2) is 0 Å². The van der Waals surface area contributed by atoms with E-state index in [-0.39, 0.29) is 18.7 Å². The summed E-state index contributed by atoms with van der Waals surface area (Å²) in [5, 5.41) is 20.7. The van der Waals surface area contributed by atoms with Crippen LogP contribution in [0.4, 0.5) is 0 Å². The smallest absolute Gasteiger partial charge is 0.243 e. The van der Waals surface area contributed by atoms with Crippen LogP contribution < -0.4 is 10.9 Å². The van der Waals surface area contributed by atoms with Crippen molar-refractivity contribution >= 4 is 18.0 Å². The Balaban J connectivity index is 2.24. The molecule has 110 valence electrons. The molecule has 3 N–H and O–H groups in total. The van der Waals surface area contributed by atoms with Crippen molar-refractivity contribution in [1.29, 1.82) is 5.26 Å². The average Bonchev–Trinajstić information content (AvgIpc) is 2.52. The molecule has 7 heteroatoms. The highest BCUT2D eigenvalue weighted by Gasteiger charge is 2.02. The standard InChI is InChI=1S/C14H16N4O3/c15-9-11-5-7-12(8-6-11)10-16-17-13(19)3-1-2-4-14(20)18-21/h5-8,10,21H,1-4H2,(H,17,19)(H,18,20)/b16-10+. The van der Waals surface area contributed by atoms with E-state index in [0.717, 1.165) is 5.56 Å². The van der Waals surface area contributed by atoms with Crippen molar-refractivity contribution in [2.24, 2.45) is 5.10 Å². The van der Waals surface area contributed by atoms with E-state index in [4.69, 9.17) is 10.5 Å². The third-order valence-electron chi connectivity index (χ3n) is 2.63. The van der Waals surface area contributed by atoms with Crippen LogP contribution in [0.5, 0.6) is 0 Å². The number of hydroxylamine groups is 1. The molecule has 0 saturated heterocycles. The zero-order chi connectivity index (χ0) is 15.5. The molecule has 1 rings (SSSR count). The second-order valence-electron chi connectivity index (χ2n) is 4.27. The predicted molar refractivity (Wildman–Crippen MR) is 75.3 cm³/mol. The summed E-state index contributed by atoms with van der Waals surface area (Å²) in [6, 6.07) is 8.78. The fraction of sp³-hybridized carbons (Fsp3) is 0.286. The zero-order valence-electron chi connectivity index (χ0n) is 11.4. The van der Waals surface area contributed by atoms with E-state index in [9.17, 15) is 9.59 Å². The van der Waals surface area contributed by atoms with Crippen molar-refractivity contribution in [3.63, 3.8) is 0 Å². The van der Waals surface area contributed by atoms with Gasteiger partial charge in [-0.05, 0) is 30.5 Å². The number of hydrazone groups is 1. The van der Waals surface area contributed by atoms with Crippen LogP contribution in [0.3, 0.4) is 0 Å². The molecule has 0 spiro atoms. The maximum absolute atomic E-state index is 11.4. The highest BCUT2D eigenvalue weighted by Crippen LogP contribution is 2.01. The summed E-state index contributed by atoms with van der Waals surface area (Å²) >= 11 is 0. The maximum atomic E-state index is 11.4. The van der Waals surface area contributed by atoms with Crippen molar-refractivity contribution in [3.05, 3.63) is 35.4 Å². The number of carbonyl (C=O) groups excluding carboxylic acids is 2. The van der Waals surface area contributed by atoms with Gasteiger partial charge in [0.1, 0.15) is 0 Å². The molecule has 0 atom stereocenters. The quantitative estimate of drug-likeness (QED) is 0.301. The normalized spacial score (nSPS) is 10.1. The number of nitrogens with one attached hydrogen (secondary N) is 2. The van der Waals surface area contributed by atoms with Gasteiger partial charge >= 0.3 is 0 Å². The van der Waals surface area contributed by atoms with Crippen molar-refractivity contribution in [2.45, 2.75) is 25.7 Å². The molecular weight excluding hydrogens is 272 g/mol. The number of hydrogen-bond donors (Lipinski definition) is 3. The van der Waals surface area contributed by atoms with Crippen molar-refractivity contribution in [3.8, 4) is 6.07 Å². The second-order valence-corrected chi connectivity index (χ2v) is 4.27. The van der Waals surface area contributed by atoms with E-state index in [1.807, 2.05) is 6.07 Å². The molecule has 0 radical (unpaired) electrons. The Hall–Kier alpha value is -2.72. The molecule has 21 heavy (non-hydrogen) atoms. The fourth-order valence-electron chi connectivity index (χ4n) is 1.51. The molecule has 0 fully saturated rings. The van der Waals surface area contributed by atoms with Crippen LogP contribution in [0.2, 0.25) is 0 Å². The summed E-state index contributed by atoms with van der Waals surface area (Å²) in [4.78, 5) is 22.2. The summed E-state index contributed by atoms with van der Waals surface area (Å²) in [5.41, 5.74) is 5.24. The first-order valence-electron chi connectivity index (χ1n) is 6.40.